The van der Waals surface area contributed by atoms with Gasteiger partial charge in [0.05, 0.1) is 34.0 Å². The van der Waals surface area contributed by atoms with Gasteiger partial charge in [-0.25, -0.2) is 4.21 Å². The van der Waals surface area contributed by atoms with E-state index in [9.17, 15) is 17.4 Å². The maximum absolute atomic E-state index is 12.8. The molecular formula is C20H18F3NO6S. The van der Waals surface area contributed by atoms with Gasteiger partial charge in [-0.3, -0.25) is 4.98 Å². The molecule has 0 bridgehead atoms. The Balaban J connectivity index is 2.14. The van der Waals surface area contributed by atoms with Crippen molar-refractivity contribution in [2.45, 2.75) is 5.51 Å². The summed E-state index contributed by atoms with van der Waals surface area (Å²) in [6.45, 7) is 0. The van der Waals surface area contributed by atoms with Crippen LogP contribution in [-0.2, 0) is 11.1 Å². The number of hydrogen-bond acceptors (Lipinski definition) is 7. The first kappa shape index (κ1) is 22.5. The second-order valence-corrected chi connectivity index (χ2v) is 7.20. The lowest BCUT2D eigenvalue weighted by Crippen LogP contribution is -2.21. The molecule has 0 amide bonds. The van der Waals surface area contributed by atoms with Crippen molar-refractivity contribution in [3.05, 3.63) is 36.5 Å². The third kappa shape index (κ3) is 4.61. The monoisotopic (exact) mass is 457 g/mol. The quantitative estimate of drug-likeness (QED) is 0.517. The summed E-state index contributed by atoms with van der Waals surface area (Å²) in [7, 11) is 5.56. The van der Waals surface area contributed by atoms with E-state index in [1.165, 1.54) is 40.7 Å². The van der Waals surface area contributed by atoms with Crippen molar-refractivity contribution in [3.63, 3.8) is 0 Å². The summed E-state index contributed by atoms with van der Waals surface area (Å²) >= 11 is -3.59. The summed E-state index contributed by atoms with van der Waals surface area (Å²) in [5.41, 5.74) is -3.48. The van der Waals surface area contributed by atoms with Gasteiger partial charge in [0.25, 0.3) is 0 Å². The minimum absolute atomic E-state index is 0.0987. The van der Waals surface area contributed by atoms with E-state index in [2.05, 4.69) is 9.17 Å². The molecule has 3 aromatic rings. The van der Waals surface area contributed by atoms with Crippen molar-refractivity contribution in [1.29, 1.82) is 0 Å². The van der Waals surface area contributed by atoms with Crippen molar-refractivity contribution in [2.24, 2.45) is 0 Å². The topological polar surface area (TPSA) is 76.1 Å². The van der Waals surface area contributed by atoms with E-state index < -0.39 is 16.6 Å². The number of aromatic nitrogens is 1. The molecule has 11 heteroatoms. The highest BCUT2D eigenvalue weighted by Gasteiger charge is 2.40. The maximum atomic E-state index is 12.8. The fraction of sp³-hybridized carbons (Fsp3) is 0.250. The summed E-state index contributed by atoms with van der Waals surface area (Å²) in [6, 6.07) is 8.01. The van der Waals surface area contributed by atoms with Crippen LogP contribution < -0.4 is 23.1 Å². The number of hydrogen-bond donors (Lipinski definition) is 0. The molecule has 1 aromatic heterocycles. The van der Waals surface area contributed by atoms with Gasteiger partial charge in [0.1, 0.15) is 0 Å². The smallest absolute Gasteiger partial charge is 0.493 e. The standard InChI is InChI=1S/C20H18F3NO6S/c1-26-15-8-12-5-13(10-24-14(12)9-16(15)27-2)11-6-17(28-3)19(29-4)18(7-11)30-31(25)20(21,22)23/h5-10H,1-4H3. The first-order valence-electron chi connectivity index (χ1n) is 8.67. The van der Waals surface area contributed by atoms with Crippen LogP contribution in [0.2, 0.25) is 0 Å². The second kappa shape index (κ2) is 8.88. The number of ether oxygens (including phenoxy) is 4. The third-order valence-corrected chi connectivity index (χ3v) is 5.03. The Morgan fingerprint density at radius 3 is 1.97 bits per heavy atom. The Morgan fingerprint density at radius 1 is 0.774 bits per heavy atom. The highest BCUT2D eigenvalue weighted by atomic mass is 32.2. The Kier molecular flexibility index (Phi) is 6.44. The van der Waals surface area contributed by atoms with Crippen molar-refractivity contribution < 1.29 is 40.5 Å². The molecule has 31 heavy (non-hydrogen) atoms. The highest BCUT2D eigenvalue weighted by Crippen LogP contribution is 2.43. The zero-order valence-electron chi connectivity index (χ0n) is 16.9. The van der Waals surface area contributed by atoms with E-state index in [4.69, 9.17) is 18.9 Å². The summed E-state index contributed by atoms with van der Waals surface area (Å²) in [6.07, 6.45) is 1.53. The van der Waals surface area contributed by atoms with Gasteiger partial charge in [-0.1, -0.05) is 0 Å². The second-order valence-electron chi connectivity index (χ2n) is 6.10. The molecule has 0 fully saturated rings. The number of methoxy groups -OCH3 is 4. The van der Waals surface area contributed by atoms with Crippen LogP contribution in [0, 0.1) is 0 Å². The molecule has 2 aromatic carbocycles. The lowest BCUT2D eigenvalue weighted by molar-refractivity contribution is -0.0438. The van der Waals surface area contributed by atoms with E-state index >= 15 is 0 Å². The molecule has 166 valence electrons. The molecular weight excluding hydrogens is 439 g/mol. The number of rotatable bonds is 7. The van der Waals surface area contributed by atoms with Crippen molar-refractivity contribution in [3.8, 4) is 39.9 Å². The van der Waals surface area contributed by atoms with Crippen molar-refractivity contribution in [1.82, 2.24) is 4.98 Å². The fourth-order valence-corrected chi connectivity index (χ4v) is 3.28. The fourth-order valence-electron chi connectivity index (χ4n) is 2.90. The van der Waals surface area contributed by atoms with E-state index in [0.717, 1.165) is 0 Å². The van der Waals surface area contributed by atoms with E-state index in [1.54, 1.807) is 24.3 Å². The lowest BCUT2D eigenvalue weighted by Gasteiger charge is -2.16. The molecule has 1 unspecified atom stereocenters. The minimum Gasteiger partial charge on any atom is -0.493 e. The zero-order chi connectivity index (χ0) is 22.8. The van der Waals surface area contributed by atoms with Crippen LogP contribution in [0.4, 0.5) is 13.2 Å². The first-order chi connectivity index (χ1) is 14.7. The molecule has 0 aliphatic carbocycles. The number of nitrogens with zero attached hydrogens (tertiary/aromatic N) is 1. The van der Waals surface area contributed by atoms with Gasteiger partial charge in [0.2, 0.25) is 5.75 Å². The van der Waals surface area contributed by atoms with E-state index in [0.29, 0.717) is 33.5 Å². The number of fused-ring (bicyclic) bond motifs is 1. The average Bonchev–Trinajstić information content (AvgIpc) is 2.76. The molecule has 0 radical (unpaired) electrons. The summed E-state index contributed by atoms with van der Waals surface area (Å²) in [5.74, 6) is 0.586. The molecule has 3 rings (SSSR count). The zero-order valence-corrected chi connectivity index (χ0v) is 17.7. The Morgan fingerprint density at radius 2 is 1.39 bits per heavy atom. The Bertz CT molecular complexity index is 1140. The highest BCUT2D eigenvalue weighted by molar-refractivity contribution is 7.81. The van der Waals surface area contributed by atoms with Crippen molar-refractivity contribution in [2.75, 3.05) is 28.4 Å². The van der Waals surface area contributed by atoms with Crippen LogP contribution in [0.5, 0.6) is 28.7 Å². The van der Waals surface area contributed by atoms with Crippen LogP contribution in [0.15, 0.2) is 36.5 Å². The normalized spacial score (nSPS) is 12.4. The summed E-state index contributed by atoms with van der Waals surface area (Å²) < 4.78 is 75.3. The van der Waals surface area contributed by atoms with Crippen molar-refractivity contribution >= 4 is 22.0 Å². The molecule has 0 saturated carbocycles. The summed E-state index contributed by atoms with van der Waals surface area (Å²) in [4.78, 5) is 4.38. The van der Waals surface area contributed by atoms with Crippen LogP contribution in [-0.4, -0.2) is 43.1 Å². The number of halogens is 3. The van der Waals surface area contributed by atoms with Gasteiger partial charge >= 0.3 is 16.6 Å². The number of pyridine rings is 1. The van der Waals surface area contributed by atoms with Crippen LogP contribution in [0.3, 0.4) is 0 Å². The predicted octanol–water partition coefficient (Wildman–Crippen LogP) is 4.50. The van der Waals surface area contributed by atoms with Gasteiger partial charge in [0, 0.05) is 23.2 Å². The minimum atomic E-state index is -5.06. The molecule has 1 atom stereocenters. The molecule has 0 aliphatic rings. The molecule has 0 spiro atoms. The van der Waals surface area contributed by atoms with E-state index in [-0.39, 0.29) is 17.2 Å². The maximum Gasteiger partial charge on any atom is 0.508 e. The SMILES string of the molecule is COc1cc2cc(-c3cc(OC)c(OC)c(OS(=O)C(F)(F)F)c3)cnc2cc1OC. The molecule has 1 heterocycles. The van der Waals surface area contributed by atoms with E-state index in [1.807, 2.05) is 0 Å². The van der Waals surface area contributed by atoms with Gasteiger partial charge in [-0.05, 0) is 29.8 Å². The molecule has 0 aliphatic heterocycles. The van der Waals surface area contributed by atoms with Crippen LogP contribution >= 0.6 is 0 Å². The van der Waals surface area contributed by atoms with Gasteiger partial charge in [0.15, 0.2) is 23.0 Å². The third-order valence-electron chi connectivity index (χ3n) is 4.32. The largest absolute Gasteiger partial charge is 0.508 e. The molecule has 7 nitrogen and oxygen atoms in total. The van der Waals surface area contributed by atoms with Gasteiger partial charge < -0.3 is 23.1 Å². The lowest BCUT2D eigenvalue weighted by atomic mass is 10.0. The molecule has 0 N–H and O–H groups in total. The van der Waals surface area contributed by atoms with Gasteiger partial charge in [-0.2, -0.15) is 13.2 Å². The average molecular weight is 457 g/mol. The van der Waals surface area contributed by atoms with Crippen LogP contribution in [0.25, 0.3) is 22.0 Å². The Labute approximate surface area is 178 Å². The van der Waals surface area contributed by atoms with Crippen LogP contribution in [0.1, 0.15) is 0 Å². The van der Waals surface area contributed by atoms with Gasteiger partial charge in [-0.15, -0.1) is 0 Å². The number of benzene rings is 2. The first-order valence-corrected chi connectivity index (χ1v) is 9.74. The predicted molar refractivity (Wildman–Crippen MR) is 108 cm³/mol. The number of alkyl halides is 3. The summed E-state index contributed by atoms with van der Waals surface area (Å²) in [5, 5.41) is 0.700. The molecule has 0 saturated heterocycles. The Hall–Kier alpha value is -3.21.